The molecule has 5 nitrogen and oxygen atoms in total. The van der Waals surface area contributed by atoms with E-state index in [1.807, 2.05) is 24.3 Å². The van der Waals surface area contributed by atoms with Gasteiger partial charge in [0.05, 0.1) is 6.42 Å². The van der Waals surface area contributed by atoms with Crippen molar-refractivity contribution in [2.75, 3.05) is 37.7 Å². The van der Waals surface area contributed by atoms with E-state index < -0.39 is 0 Å². The van der Waals surface area contributed by atoms with Crippen molar-refractivity contribution in [2.24, 2.45) is 23.2 Å². The van der Waals surface area contributed by atoms with Crippen LogP contribution in [0.1, 0.15) is 44.9 Å². The zero-order valence-corrected chi connectivity index (χ0v) is 18.3. The molecule has 0 aromatic heterocycles. The summed E-state index contributed by atoms with van der Waals surface area (Å²) in [4.78, 5) is 29.2. The van der Waals surface area contributed by atoms with E-state index in [4.69, 9.17) is 16.3 Å². The normalized spacial score (nSPS) is 32.4. The highest BCUT2D eigenvalue weighted by atomic mass is 35.5. The lowest BCUT2D eigenvalue weighted by molar-refractivity contribution is -0.158. The topological polar surface area (TPSA) is 49.9 Å². The largest absolute Gasteiger partial charge is 0.456 e. The summed E-state index contributed by atoms with van der Waals surface area (Å²) in [7, 11) is 0. The molecule has 4 saturated carbocycles. The number of hydrogen-bond donors (Lipinski definition) is 0. The Kier molecular flexibility index (Phi) is 5.42. The number of carbonyl (C=O) groups excluding carboxylic acids is 2. The van der Waals surface area contributed by atoms with Crippen molar-refractivity contribution in [2.45, 2.75) is 44.9 Å². The fourth-order valence-electron chi connectivity index (χ4n) is 6.98. The molecule has 1 heterocycles. The summed E-state index contributed by atoms with van der Waals surface area (Å²) in [6.07, 6.45) is 8.18. The van der Waals surface area contributed by atoms with Gasteiger partial charge in [0, 0.05) is 36.9 Å². The SMILES string of the molecule is O=C(CC12CC3CC(CC(C3)C1)C2)OCC(=O)N1CCN(c2cccc(Cl)c2)CC1. The number of benzene rings is 1. The van der Waals surface area contributed by atoms with Crippen LogP contribution in [0, 0.1) is 23.2 Å². The van der Waals surface area contributed by atoms with Crippen molar-refractivity contribution in [1.82, 2.24) is 4.90 Å². The van der Waals surface area contributed by atoms with Crippen molar-refractivity contribution in [3.63, 3.8) is 0 Å². The van der Waals surface area contributed by atoms with Gasteiger partial charge in [0.25, 0.3) is 5.91 Å². The van der Waals surface area contributed by atoms with E-state index in [-0.39, 0.29) is 23.9 Å². The van der Waals surface area contributed by atoms with Crippen molar-refractivity contribution in [3.8, 4) is 0 Å². The molecule has 0 radical (unpaired) electrons. The van der Waals surface area contributed by atoms with Gasteiger partial charge >= 0.3 is 5.97 Å². The number of ether oxygens (including phenoxy) is 1. The van der Waals surface area contributed by atoms with Crippen LogP contribution in [-0.4, -0.2) is 49.6 Å². The molecule has 4 aliphatic carbocycles. The highest BCUT2D eigenvalue weighted by Crippen LogP contribution is 2.61. The highest BCUT2D eigenvalue weighted by molar-refractivity contribution is 6.30. The van der Waals surface area contributed by atoms with Gasteiger partial charge in [-0.2, -0.15) is 0 Å². The van der Waals surface area contributed by atoms with Crippen LogP contribution in [0.3, 0.4) is 0 Å². The second kappa shape index (κ2) is 8.07. The van der Waals surface area contributed by atoms with Crippen LogP contribution in [0.4, 0.5) is 5.69 Å². The molecule has 30 heavy (non-hydrogen) atoms. The number of nitrogens with zero attached hydrogens (tertiary/aromatic N) is 2. The summed E-state index contributed by atoms with van der Waals surface area (Å²) in [6.45, 7) is 2.67. The third kappa shape index (κ3) is 4.18. The Morgan fingerprint density at radius 1 is 1.00 bits per heavy atom. The molecule has 162 valence electrons. The zero-order valence-electron chi connectivity index (χ0n) is 17.5. The standard InChI is InChI=1S/C24H31ClN2O3/c25-20-2-1-3-21(11-20)26-4-6-27(7-5-26)22(28)16-30-23(29)15-24-12-17-8-18(13-24)10-19(9-17)14-24/h1-3,11,17-19H,4-10,12-16H2. The third-order valence-electron chi connectivity index (χ3n) is 7.85. The quantitative estimate of drug-likeness (QED) is 0.659. The molecule has 0 unspecified atom stereocenters. The molecule has 1 amide bonds. The Labute approximate surface area is 183 Å². The summed E-state index contributed by atoms with van der Waals surface area (Å²) < 4.78 is 5.46. The number of piperazine rings is 1. The van der Waals surface area contributed by atoms with Crippen LogP contribution < -0.4 is 4.90 Å². The van der Waals surface area contributed by atoms with E-state index in [1.165, 1.54) is 38.5 Å². The van der Waals surface area contributed by atoms with E-state index in [0.717, 1.165) is 41.6 Å². The minimum atomic E-state index is -0.178. The lowest BCUT2D eigenvalue weighted by Gasteiger charge is -2.56. The summed E-state index contributed by atoms with van der Waals surface area (Å²) in [6, 6.07) is 7.79. The molecule has 0 spiro atoms. The molecule has 1 aromatic carbocycles. The van der Waals surface area contributed by atoms with Gasteiger partial charge in [-0.3, -0.25) is 9.59 Å². The summed E-state index contributed by atoms with van der Waals surface area (Å²) in [5, 5.41) is 0.719. The maximum atomic E-state index is 12.6. The number of anilines is 1. The molecule has 0 N–H and O–H groups in total. The van der Waals surface area contributed by atoms with Crippen LogP contribution in [0.25, 0.3) is 0 Å². The minimum absolute atomic E-state index is 0.0837. The first-order chi connectivity index (χ1) is 14.5. The molecule has 1 aromatic rings. The molecule has 1 aliphatic heterocycles. The molecule has 5 aliphatic rings. The van der Waals surface area contributed by atoms with E-state index in [1.54, 1.807) is 4.90 Å². The van der Waals surface area contributed by atoms with Crippen LogP contribution in [0.2, 0.25) is 5.02 Å². The maximum absolute atomic E-state index is 12.6. The molecule has 4 bridgehead atoms. The fraction of sp³-hybridized carbons (Fsp3) is 0.667. The molecule has 0 atom stereocenters. The van der Waals surface area contributed by atoms with Crippen LogP contribution in [0.5, 0.6) is 0 Å². The van der Waals surface area contributed by atoms with Crippen LogP contribution in [0.15, 0.2) is 24.3 Å². The molecular weight excluding hydrogens is 400 g/mol. The van der Waals surface area contributed by atoms with Gasteiger partial charge in [0.2, 0.25) is 0 Å². The van der Waals surface area contributed by atoms with Gasteiger partial charge in [-0.25, -0.2) is 0 Å². The smallest absolute Gasteiger partial charge is 0.306 e. The second-order valence-corrected chi connectivity index (χ2v) is 10.5. The molecule has 1 saturated heterocycles. The Bertz CT molecular complexity index is 783. The lowest BCUT2D eigenvalue weighted by atomic mass is 9.49. The van der Waals surface area contributed by atoms with Crippen LogP contribution in [-0.2, 0) is 14.3 Å². The lowest BCUT2D eigenvalue weighted by Crippen LogP contribution is -2.50. The first-order valence-electron chi connectivity index (χ1n) is 11.4. The van der Waals surface area contributed by atoms with E-state index in [2.05, 4.69) is 4.90 Å². The minimum Gasteiger partial charge on any atom is -0.456 e. The van der Waals surface area contributed by atoms with Gasteiger partial charge in [0.15, 0.2) is 6.61 Å². The number of rotatable bonds is 5. The van der Waals surface area contributed by atoms with Crippen molar-refractivity contribution >= 4 is 29.2 Å². The first-order valence-corrected chi connectivity index (χ1v) is 11.8. The zero-order chi connectivity index (χ0) is 20.7. The average molecular weight is 431 g/mol. The Balaban J connectivity index is 1.08. The predicted octanol–water partition coefficient (Wildman–Crippen LogP) is 4.14. The summed E-state index contributed by atoms with van der Waals surface area (Å²) in [5.41, 5.74) is 1.24. The fourth-order valence-corrected chi connectivity index (χ4v) is 7.17. The number of halogens is 1. The van der Waals surface area contributed by atoms with Crippen LogP contribution >= 0.6 is 11.6 Å². The second-order valence-electron chi connectivity index (χ2n) is 10.1. The maximum Gasteiger partial charge on any atom is 0.306 e. The average Bonchev–Trinajstić information content (AvgIpc) is 2.71. The molecular formula is C24H31ClN2O3. The van der Waals surface area contributed by atoms with E-state index in [0.29, 0.717) is 19.5 Å². The van der Waals surface area contributed by atoms with Gasteiger partial charge in [0.1, 0.15) is 0 Å². The predicted molar refractivity (Wildman–Crippen MR) is 116 cm³/mol. The Hall–Kier alpha value is -1.75. The number of hydrogen-bond acceptors (Lipinski definition) is 4. The van der Waals surface area contributed by atoms with Gasteiger partial charge in [-0.05, 0) is 79.9 Å². The number of carbonyl (C=O) groups is 2. The monoisotopic (exact) mass is 430 g/mol. The Morgan fingerprint density at radius 2 is 1.63 bits per heavy atom. The summed E-state index contributed by atoms with van der Waals surface area (Å²) >= 11 is 6.09. The van der Waals surface area contributed by atoms with E-state index in [9.17, 15) is 9.59 Å². The van der Waals surface area contributed by atoms with Crippen molar-refractivity contribution in [1.29, 1.82) is 0 Å². The Morgan fingerprint density at radius 3 is 2.23 bits per heavy atom. The summed E-state index contributed by atoms with van der Waals surface area (Å²) in [5.74, 6) is 2.20. The molecule has 5 fully saturated rings. The van der Waals surface area contributed by atoms with Crippen molar-refractivity contribution in [3.05, 3.63) is 29.3 Å². The number of esters is 1. The van der Waals surface area contributed by atoms with Gasteiger partial charge in [-0.1, -0.05) is 17.7 Å². The first kappa shape index (κ1) is 20.2. The molecule has 6 rings (SSSR count). The molecule has 6 heteroatoms. The third-order valence-corrected chi connectivity index (χ3v) is 8.08. The van der Waals surface area contributed by atoms with Crippen molar-refractivity contribution < 1.29 is 14.3 Å². The van der Waals surface area contributed by atoms with Gasteiger partial charge < -0.3 is 14.5 Å². The van der Waals surface area contributed by atoms with Gasteiger partial charge in [-0.15, -0.1) is 0 Å². The number of amides is 1. The van der Waals surface area contributed by atoms with E-state index >= 15 is 0 Å². The highest BCUT2D eigenvalue weighted by Gasteiger charge is 2.51.